The SMILES string of the molecule is CCC/C=C\C/C=C\CCCCCCCC(=O)OC(COCCC(C(=O)O)[N+](C)(C)C)COC(=O)CCCCCCC. The fourth-order valence-electron chi connectivity index (χ4n) is 4.48. The number of nitrogens with zero attached hydrogens (tertiary/aromatic N) is 1. The smallest absolute Gasteiger partial charge is 0.362 e. The molecular formula is C34H62NO7+. The first-order chi connectivity index (χ1) is 20.1. The van der Waals surface area contributed by atoms with Crippen LogP contribution in [0.2, 0.25) is 0 Å². The minimum atomic E-state index is -0.881. The van der Waals surface area contributed by atoms with E-state index in [9.17, 15) is 19.5 Å². The molecule has 1 N–H and O–H groups in total. The summed E-state index contributed by atoms with van der Waals surface area (Å²) in [5.74, 6) is -1.51. The third-order valence-corrected chi connectivity index (χ3v) is 7.08. The first kappa shape index (κ1) is 39.8. The molecule has 0 heterocycles. The summed E-state index contributed by atoms with van der Waals surface area (Å²) in [6.07, 6.45) is 23.9. The molecule has 0 fully saturated rings. The number of allylic oxidation sites excluding steroid dienone is 4. The van der Waals surface area contributed by atoms with Crippen LogP contribution in [0.5, 0.6) is 0 Å². The molecule has 2 atom stereocenters. The second kappa shape index (κ2) is 26.4. The van der Waals surface area contributed by atoms with Gasteiger partial charge in [-0.25, -0.2) is 4.79 Å². The van der Waals surface area contributed by atoms with Gasteiger partial charge in [0.2, 0.25) is 0 Å². The molecule has 2 unspecified atom stereocenters. The van der Waals surface area contributed by atoms with Gasteiger partial charge in [0.25, 0.3) is 0 Å². The highest BCUT2D eigenvalue weighted by Crippen LogP contribution is 2.12. The number of carbonyl (C=O) groups excluding carboxylic acids is 2. The number of unbranched alkanes of at least 4 members (excludes halogenated alkanes) is 10. The maximum atomic E-state index is 12.5. The van der Waals surface area contributed by atoms with E-state index in [1.807, 2.05) is 21.1 Å². The lowest BCUT2D eigenvalue weighted by atomic mass is 10.1. The Morgan fingerprint density at radius 1 is 0.714 bits per heavy atom. The largest absolute Gasteiger partial charge is 0.477 e. The molecule has 0 aliphatic rings. The Morgan fingerprint density at radius 3 is 1.93 bits per heavy atom. The molecule has 0 radical (unpaired) electrons. The zero-order valence-electron chi connectivity index (χ0n) is 27.5. The highest BCUT2D eigenvalue weighted by molar-refractivity contribution is 5.72. The molecule has 8 heteroatoms. The molecule has 0 aromatic rings. The van der Waals surface area contributed by atoms with Crippen molar-refractivity contribution in [2.75, 3.05) is 41.0 Å². The minimum absolute atomic E-state index is 0.0564. The van der Waals surface area contributed by atoms with Crippen molar-refractivity contribution in [3.63, 3.8) is 0 Å². The van der Waals surface area contributed by atoms with E-state index in [0.29, 0.717) is 19.3 Å². The first-order valence-corrected chi connectivity index (χ1v) is 16.4. The van der Waals surface area contributed by atoms with Crippen LogP contribution in [-0.2, 0) is 28.6 Å². The number of ether oxygens (including phenoxy) is 3. The van der Waals surface area contributed by atoms with E-state index >= 15 is 0 Å². The molecule has 42 heavy (non-hydrogen) atoms. The van der Waals surface area contributed by atoms with Gasteiger partial charge < -0.3 is 23.8 Å². The minimum Gasteiger partial charge on any atom is -0.477 e. The highest BCUT2D eigenvalue weighted by atomic mass is 16.6. The summed E-state index contributed by atoms with van der Waals surface area (Å²) in [6.45, 7) is 4.54. The molecule has 244 valence electrons. The number of carbonyl (C=O) groups is 3. The topological polar surface area (TPSA) is 99.1 Å². The van der Waals surface area contributed by atoms with Crippen LogP contribution in [0.3, 0.4) is 0 Å². The van der Waals surface area contributed by atoms with Gasteiger partial charge >= 0.3 is 17.9 Å². The number of quaternary nitrogens is 1. The van der Waals surface area contributed by atoms with Gasteiger partial charge in [-0.3, -0.25) is 9.59 Å². The van der Waals surface area contributed by atoms with Gasteiger partial charge in [-0.1, -0.05) is 89.5 Å². The molecular weight excluding hydrogens is 534 g/mol. The number of hydrogen-bond acceptors (Lipinski definition) is 6. The average molecular weight is 597 g/mol. The Bertz CT molecular complexity index is 757. The van der Waals surface area contributed by atoms with E-state index in [2.05, 4.69) is 38.2 Å². The number of rotatable bonds is 28. The van der Waals surface area contributed by atoms with Crippen molar-refractivity contribution in [2.24, 2.45) is 0 Å². The van der Waals surface area contributed by atoms with E-state index in [0.717, 1.165) is 83.5 Å². The molecule has 0 saturated heterocycles. The lowest BCUT2D eigenvalue weighted by Crippen LogP contribution is -2.50. The lowest BCUT2D eigenvalue weighted by Gasteiger charge is -2.31. The predicted octanol–water partition coefficient (Wildman–Crippen LogP) is 7.40. The van der Waals surface area contributed by atoms with Crippen molar-refractivity contribution in [1.82, 2.24) is 0 Å². The van der Waals surface area contributed by atoms with Gasteiger partial charge in [0.1, 0.15) is 6.61 Å². The molecule has 8 nitrogen and oxygen atoms in total. The molecule has 0 rings (SSSR count). The van der Waals surface area contributed by atoms with E-state index < -0.39 is 18.1 Å². The molecule has 0 spiro atoms. The van der Waals surface area contributed by atoms with Crippen LogP contribution in [0.1, 0.15) is 123 Å². The van der Waals surface area contributed by atoms with Crippen molar-refractivity contribution in [3.8, 4) is 0 Å². The van der Waals surface area contributed by atoms with Gasteiger partial charge in [0, 0.05) is 19.3 Å². The fourth-order valence-corrected chi connectivity index (χ4v) is 4.48. The molecule has 0 aromatic heterocycles. The maximum absolute atomic E-state index is 12.5. The van der Waals surface area contributed by atoms with Crippen molar-refractivity contribution in [1.29, 1.82) is 0 Å². The summed E-state index contributed by atoms with van der Waals surface area (Å²) in [7, 11) is 5.49. The van der Waals surface area contributed by atoms with Gasteiger partial charge in [-0.2, -0.15) is 0 Å². The van der Waals surface area contributed by atoms with Crippen molar-refractivity contribution in [2.45, 2.75) is 135 Å². The second-order valence-corrected chi connectivity index (χ2v) is 12.1. The molecule has 0 aliphatic heterocycles. The average Bonchev–Trinajstić information content (AvgIpc) is 2.92. The Labute approximate surface area is 256 Å². The zero-order valence-corrected chi connectivity index (χ0v) is 27.5. The van der Waals surface area contributed by atoms with Crippen LogP contribution >= 0.6 is 0 Å². The third-order valence-electron chi connectivity index (χ3n) is 7.08. The van der Waals surface area contributed by atoms with Gasteiger partial charge in [-0.05, 0) is 38.5 Å². The normalized spacial score (nSPS) is 13.5. The summed E-state index contributed by atoms with van der Waals surface area (Å²) in [6, 6.07) is -0.611. The monoisotopic (exact) mass is 596 g/mol. The summed E-state index contributed by atoms with van der Waals surface area (Å²) in [4.78, 5) is 36.3. The van der Waals surface area contributed by atoms with Crippen molar-refractivity contribution in [3.05, 3.63) is 24.3 Å². The molecule has 0 amide bonds. The van der Waals surface area contributed by atoms with E-state index in [4.69, 9.17) is 14.2 Å². The fraction of sp³-hybridized carbons (Fsp3) is 0.794. The van der Waals surface area contributed by atoms with Crippen LogP contribution in [0.4, 0.5) is 0 Å². The highest BCUT2D eigenvalue weighted by Gasteiger charge is 2.31. The standard InChI is InChI=1S/C34H61NO7/c1-6-8-10-12-13-14-15-16-17-18-19-21-23-25-33(37)42-30(29-41-32(36)24-22-20-11-9-7-2)28-40-27-26-31(34(38)39)35(3,4)5/h10,12,14-15,30-31H,6-9,11,13,16-29H2,1-5H3/p+1/b12-10-,15-14-. The van der Waals surface area contributed by atoms with Gasteiger partial charge in [0.05, 0.1) is 34.4 Å². The summed E-state index contributed by atoms with van der Waals surface area (Å²) in [5, 5.41) is 9.52. The summed E-state index contributed by atoms with van der Waals surface area (Å²) >= 11 is 0. The zero-order chi connectivity index (χ0) is 31.5. The number of aliphatic carboxylic acids is 1. The predicted molar refractivity (Wildman–Crippen MR) is 169 cm³/mol. The maximum Gasteiger partial charge on any atom is 0.362 e. The van der Waals surface area contributed by atoms with Crippen molar-refractivity contribution < 1.29 is 38.2 Å². The number of carboxylic acids is 1. The van der Waals surface area contributed by atoms with Gasteiger partial charge in [-0.15, -0.1) is 0 Å². The van der Waals surface area contributed by atoms with E-state index in [1.54, 1.807) is 0 Å². The van der Waals surface area contributed by atoms with Crippen LogP contribution in [-0.4, -0.2) is 80.6 Å². The Hall–Kier alpha value is -2.19. The van der Waals surface area contributed by atoms with Crippen LogP contribution in [0.15, 0.2) is 24.3 Å². The van der Waals surface area contributed by atoms with E-state index in [1.165, 1.54) is 6.42 Å². The molecule has 0 aromatic carbocycles. The third kappa shape index (κ3) is 24.4. The van der Waals surface area contributed by atoms with E-state index in [-0.39, 0.29) is 36.2 Å². The van der Waals surface area contributed by atoms with Crippen LogP contribution in [0.25, 0.3) is 0 Å². The molecule has 0 saturated carbocycles. The van der Waals surface area contributed by atoms with Crippen molar-refractivity contribution >= 4 is 17.9 Å². The molecule has 0 bridgehead atoms. The number of likely N-dealkylation sites (N-methyl/N-ethyl adjacent to an activating group) is 1. The Morgan fingerprint density at radius 2 is 1.31 bits per heavy atom. The number of carboxylic acid groups (broad SMARTS) is 1. The molecule has 0 aliphatic carbocycles. The number of hydrogen-bond donors (Lipinski definition) is 1. The number of esters is 2. The lowest BCUT2D eigenvalue weighted by molar-refractivity contribution is -0.887. The second-order valence-electron chi connectivity index (χ2n) is 12.1. The Kier molecular flexibility index (Phi) is 25.1. The Balaban J connectivity index is 4.45. The quantitative estimate of drug-likeness (QED) is 0.0435. The van der Waals surface area contributed by atoms with Crippen LogP contribution < -0.4 is 0 Å². The first-order valence-electron chi connectivity index (χ1n) is 16.4. The summed E-state index contributed by atoms with van der Waals surface area (Å²) in [5.41, 5.74) is 0. The summed E-state index contributed by atoms with van der Waals surface area (Å²) < 4.78 is 17.0. The van der Waals surface area contributed by atoms with Crippen LogP contribution in [0, 0.1) is 0 Å². The van der Waals surface area contributed by atoms with Gasteiger partial charge in [0.15, 0.2) is 12.1 Å².